The molecule has 0 unspecified atom stereocenters. The van der Waals surface area contributed by atoms with Gasteiger partial charge in [0.15, 0.2) is 11.8 Å². The predicted molar refractivity (Wildman–Crippen MR) is 117 cm³/mol. The summed E-state index contributed by atoms with van der Waals surface area (Å²) >= 11 is 0. The quantitative estimate of drug-likeness (QED) is 0.599. The minimum atomic E-state index is -0.950. The summed E-state index contributed by atoms with van der Waals surface area (Å²) in [6, 6.07) is 16.8. The first-order valence-electron chi connectivity index (χ1n) is 10.2. The zero-order valence-corrected chi connectivity index (χ0v) is 17.5. The van der Waals surface area contributed by atoms with Crippen LogP contribution in [0, 0.1) is 0 Å². The Morgan fingerprint density at radius 3 is 2.23 bits per heavy atom. The monoisotopic (exact) mass is 420 g/mol. The van der Waals surface area contributed by atoms with Gasteiger partial charge < -0.3 is 14.5 Å². The van der Waals surface area contributed by atoms with Gasteiger partial charge in [-0.05, 0) is 25.1 Å². The van der Waals surface area contributed by atoms with Crippen LogP contribution in [-0.2, 0) is 16.6 Å². The largest absolute Gasteiger partial charge is 0.448 e. The number of esters is 1. The molecule has 3 aromatic rings. The molecule has 8 nitrogen and oxygen atoms in total. The topological polar surface area (TPSA) is 84.7 Å². The highest BCUT2D eigenvalue weighted by molar-refractivity contribution is 6.02. The standard InChI is InChI=1S/C23H24N4O4/c1-16(21(28)27-14-12-26(13-15-27)17-8-4-3-5-9-17)31-23(30)20-18-10-6-7-11-19(18)22(29)25(2)24-20/h3-11,16H,12-15H2,1-2H3/t16-/m0/s1. The molecule has 0 aliphatic carbocycles. The third-order valence-electron chi connectivity index (χ3n) is 5.49. The molecule has 1 aliphatic heterocycles. The Kier molecular flexibility index (Phi) is 5.70. The maximum absolute atomic E-state index is 12.8. The molecule has 2 aromatic carbocycles. The molecule has 1 atom stereocenters. The van der Waals surface area contributed by atoms with Crippen molar-refractivity contribution < 1.29 is 14.3 Å². The lowest BCUT2D eigenvalue weighted by Crippen LogP contribution is -2.51. The lowest BCUT2D eigenvalue weighted by Gasteiger charge is -2.37. The van der Waals surface area contributed by atoms with E-state index < -0.39 is 12.1 Å². The second-order valence-electron chi connectivity index (χ2n) is 7.52. The molecule has 8 heteroatoms. The fourth-order valence-electron chi connectivity index (χ4n) is 3.80. The van der Waals surface area contributed by atoms with Crippen LogP contribution in [0.5, 0.6) is 0 Å². The Labute approximate surface area is 179 Å². The number of anilines is 1. The zero-order chi connectivity index (χ0) is 22.0. The number of aryl methyl sites for hydroxylation is 1. The Bertz CT molecular complexity index is 1170. The van der Waals surface area contributed by atoms with Crippen LogP contribution in [-0.4, -0.2) is 58.8 Å². The molecule has 0 bridgehead atoms. The number of ether oxygens (including phenoxy) is 1. The van der Waals surface area contributed by atoms with E-state index in [1.54, 1.807) is 36.1 Å². The number of aromatic nitrogens is 2. The first-order valence-corrected chi connectivity index (χ1v) is 10.2. The molecule has 2 heterocycles. The van der Waals surface area contributed by atoms with Crippen LogP contribution in [0.25, 0.3) is 10.8 Å². The van der Waals surface area contributed by atoms with Gasteiger partial charge in [0.2, 0.25) is 0 Å². The van der Waals surface area contributed by atoms with Crippen molar-refractivity contribution in [2.24, 2.45) is 7.05 Å². The number of piperazine rings is 1. The van der Waals surface area contributed by atoms with Gasteiger partial charge in [0.25, 0.3) is 11.5 Å². The van der Waals surface area contributed by atoms with Gasteiger partial charge in [-0.1, -0.05) is 36.4 Å². The van der Waals surface area contributed by atoms with E-state index >= 15 is 0 Å². The molecule has 160 valence electrons. The number of hydrogen-bond donors (Lipinski definition) is 0. The number of benzene rings is 2. The van der Waals surface area contributed by atoms with Gasteiger partial charge >= 0.3 is 5.97 Å². The molecule has 1 saturated heterocycles. The SMILES string of the molecule is C[C@H](OC(=O)c1nn(C)c(=O)c2ccccc12)C(=O)N1CCN(c2ccccc2)CC1. The normalized spacial score (nSPS) is 15.0. The molecule has 31 heavy (non-hydrogen) atoms. The van der Waals surface area contributed by atoms with Crippen molar-refractivity contribution in [3.8, 4) is 0 Å². The molecule has 1 amide bonds. The Hall–Kier alpha value is -3.68. The Morgan fingerprint density at radius 2 is 1.55 bits per heavy atom. The van der Waals surface area contributed by atoms with Gasteiger partial charge in [-0.2, -0.15) is 5.10 Å². The van der Waals surface area contributed by atoms with Crippen molar-refractivity contribution in [2.45, 2.75) is 13.0 Å². The molecular weight excluding hydrogens is 396 g/mol. The van der Waals surface area contributed by atoms with Gasteiger partial charge in [-0.25, -0.2) is 9.48 Å². The van der Waals surface area contributed by atoms with Gasteiger partial charge in [-0.3, -0.25) is 9.59 Å². The second-order valence-corrected chi connectivity index (χ2v) is 7.52. The second kappa shape index (κ2) is 8.59. The highest BCUT2D eigenvalue weighted by Gasteiger charge is 2.28. The first kappa shape index (κ1) is 20.6. The predicted octanol–water partition coefficient (Wildman–Crippen LogP) is 1.83. The Balaban J connectivity index is 1.43. The van der Waals surface area contributed by atoms with E-state index in [1.165, 1.54) is 7.05 Å². The molecule has 0 radical (unpaired) electrons. The molecule has 0 spiro atoms. The molecular formula is C23H24N4O4. The highest BCUT2D eigenvalue weighted by atomic mass is 16.5. The summed E-state index contributed by atoms with van der Waals surface area (Å²) < 4.78 is 6.55. The molecule has 1 aliphatic rings. The zero-order valence-electron chi connectivity index (χ0n) is 17.5. The number of nitrogens with zero attached hydrogens (tertiary/aromatic N) is 4. The van der Waals surface area contributed by atoms with E-state index in [-0.39, 0.29) is 17.2 Å². The highest BCUT2D eigenvalue weighted by Crippen LogP contribution is 2.18. The number of amides is 1. The van der Waals surface area contributed by atoms with Gasteiger partial charge in [-0.15, -0.1) is 0 Å². The average molecular weight is 420 g/mol. The lowest BCUT2D eigenvalue weighted by atomic mass is 10.1. The van der Waals surface area contributed by atoms with Crippen LogP contribution < -0.4 is 10.5 Å². The first-order chi connectivity index (χ1) is 15.0. The van der Waals surface area contributed by atoms with Crippen LogP contribution in [0.3, 0.4) is 0 Å². The minimum absolute atomic E-state index is 0.0197. The summed E-state index contributed by atoms with van der Waals surface area (Å²) in [6.45, 7) is 4.09. The third-order valence-corrected chi connectivity index (χ3v) is 5.49. The van der Waals surface area contributed by atoms with Crippen molar-refractivity contribution in [2.75, 3.05) is 31.1 Å². The van der Waals surface area contributed by atoms with Crippen molar-refractivity contribution in [3.63, 3.8) is 0 Å². The van der Waals surface area contributed by atoms with Crippen LogP contribution in [0.1, 0.15) is 17.4 Å². The molecule has 4 rings (SSSR count). The molecule has 0 saturated carbocycles. The summed E-state index contributed by atoms with van der Waals surface area (Å²) in [5.74, 6) is -0.967. The smallest absolute Gasteiger partial charge is 0.360 e. The van der Waals surface area contributed by atoms with Crippen LogP contribution >= 0.6 is 0 Å². The number of rotatable bonds is 4. The van der Waals surface area contributed by atoms with Crippen molar-refractivity contribution in [1.29, 1.82) is 0 Å². The summed E-state index contributed by atoms with van der Waals surface area (Å²) in [6.07, 6.45) is -0.950. The van der Waals surface area contributed by atoms with E-state index in [0.29, 0.717) is 37.0 Å². The molecule has 1 fully saturated rings. The van der Waals surface area contributed by atoms with Gasteiger partial charge in [0.1, 0.15) is 0 Å². The van der Waals surface area contributed by atoms with Crippen molar-refractivity contribution in [1.82, 2.24) is 14.7 Å². The number of carbonyl (C=O) groups excluding carboxylic acids is 2. The van der Waals surface area contributed by atoms with E-state index in [1.807, 2.05) is 30.3 Å². The summed E-state index contributed by atoms with van der Waals surface area (Å²) in [4.78, 5) is 41.8. The summed E-state index contributed by atoms with van der Waals surface area (Å²) in [7, 11) is 1.48. The van der Waals surface area contributed by atoms with Crippen molar-refractivity contribution in [3.05, 3.63) is 70.6 Å². The third kappa shape index (κ3) is 4.14. The van der Waals surface area contributed by atoms with Gasteiger partial charge in [0.05, 0.1) is 5.39 Å². The van der Waals surface area contributed by atoms with E-state index in [4.69, 9.17) is 4.74 Å². The fourth-order valence-corrected chi connectivity index (χ4v) is 3.80. The summed E-state index contributed by atoms with van der Waals surface area (Å²) in [5.41, 5.74) is 0.848. The van der Waals surface area contributed by atoms with Crippen LogP contribution in [0.4, 0.5) is 5.69 Å². The number of hydrogen-bond acceptors (Lipinski definition) is 6. The number of para-hydroxylation sites is 1. The van der Waals surface area contributed by atoms with E-state index in [2.05, 4.69) is 10.00 Å². The number of carbonyl (C=O) groups is 2. The fraction of sp³-hybridized carbons (Fsp3) is 0.304. The number of fused-ring (bicyclic) bond motifs is 1. The van der Waals surface area contributed by atoms with Gasteiger partial charge in [0, 0.05) is 44.3 Å². The maximum atomic E-state index is 12.8. The maximum Gasteiger partial charge on any atom is 0.360 e. The molecule has 1 aromatic heterocycles. The van der Waals surface area contributed by atoms with E-state index in [9.17, 15) is 14.4 Å². The Morgan fingerprint density at radius 1 is 0.935 bits per heavy atom. The minimum Gasteiger partial charge on any atom is -0.448 e. The molecule has 0 N–H and O–H groups in total. The lowest BCUT2D eigenvalue weighted by molar-refractivity contribution is -0.140. The van der Waals surface area contributed by atoms with Crippen molar-refractivity contribution >= 4 is 28.3 Å². The van der Waals surface area contributed by atoms with Crippen LogP contribution in [0.2, 0.25) is 0 Å². The summed E-state index contributed by atoms with van der Waals surface area (Å²) in [5, 5.41) is 4.85. The van der Waals surface area contributed by atoms with E-state index in [0.717, 1.165) is 10.4 Å². The van der Waals surface area contributed by atoms with Crippen LogP contribution in [0.15, 0.2) is 59.4 Å². The average Bonchev–Trinajstić information content (AvgIpc) is 2.81.